The number of primary amides is 1. The summed E-state index contributed by atoms with van der Waals surface area (Å²) in [6, 6.07) is 2.38. The number of carbonyl (C=O) groups excluding carboxylic acids is 2. The fourth-order valence-corrected chi connectivity index (χ4v) is 1.50. The molecule has 0 saturated heterocycles. The van der Waals surface area contributed by atoms with Gasteiger partial charge in [0.2, 0.25) is 5.91 Å². The maximum atomic E-state index is 13.0. The predicted octanol–water partition coefficient (Wildman–Crippen LogP) is 1.58. The van der Waals surface area contributed by atoms with Crippen LogP contribution in [0.3, 0.4) is 0 Å². The SMILES string of the molecule is CC(Nc1cc(F)ccc1Br)C(=O)NC(N)=O. The number of rotatable bonds is 3. The Morgan fingerprint density at radius 1 is 1.47 bits per heavy atom. The van der Waals surface area contributed by atoms with E-state index in [1.807, 2.05) is 5.32 Å². The first-order chi connectivity index (χ1) is 7.90. The van der Waals surface area contributed by atoms with Gasteiger partial charge in [-0.3, -0.25) is 10.1 Å². The number of hydrogen-bond acceptors (Lipinski definition) is 3. The minimum atomic E-state index is -0.929. The largest absolute Gasteiger partial charge is 0.373 e. The van der Waals surface area contributed by atoms with Gasteiger partial charge in [0, 0.05) is 4.47 Å². The quantitative estimate of drug-likeness (QED) is 0.792. The zero-order valence-corrected chi connectivity index (χ0v) is 10.5. The Bertz CT molecular complexity index is 453. The van der Waals surface area contributed by atoms with Crippen LogP contribution in [0, 0.1) is 5.82 Å². The fraction of sp³-hybridized carbons (Fsp3) is 0.200. The van der Waals surface area contributed by atoms with Crippen LogP contribution in [-0.2, 0) is 4.79 Å². The summed E-state index contributed by atoms with van der Waals surface area (Å²) in [7, 11) is 0. The standard InChI is InChI=1S/C10H11BrFN3O2/c1-5(9(16)15-10(13)17)14-8-4-6(12)2-3-7(8)11/h2-5,14H,1H3,(H3,13,15,16,17). The van der Waals surface area contributed by atoms with Crippen LogP contribution in [0.5, 0.6) is 0 Å². The zero-order chi connectivity index (χ0) is 13.0. The first kappa shape index (κ1) is 13.4. The number of anilines is 1. The van der Waals surface area contributed by atoms with Gasteiger partial charge in [-0.2, -0.15) is 0 Å². The summed E-state index contributed by atoms with van der Waals surface area (Å²) >= 11 is 3.21. The average Bonchev–Trinajstić information content (AvgIpc) is 2.22. The van der Waals surface area contributed by atoms with Gasteiger partial charge in [-0.1, -0.05) is 0 Å². The van der Waals surface area contributed by atoms with Crippen LogP contribution in [0.25, 0.3) is 0 Å². The predicted molar refractivity (Wildman–Crippen MR) is 64.9 cm³/mol. The van der Waals surface area contributed by atoms with Crippen molar-refractivity contribution in [2.45, 2.75) is 13.0 Å². The third kappa shape index (κ3) is 4.03. The van der Waals surface area contributed by atoms with Crippen LogP contribution in [0.4, 0.5) is 14.9 Å². The molecule has 0 aliphatic rings. The first-order valence-electron chi connectivity index (χ1n) is 4.72. The molecular weight excluding hydrogens is 293 g/mol. The Balaban J connectivity index is 2.73. The Morgan fingerprint density at radius 3 is 2.71 bits per heavy atom. The van der Waals surface area contributed by atoms with Crippen LogP contribution >= 0.6 is 15.9 Å². The van der Waals surface area contributed by atoms with E-state index in [1.165, 1.54) is 25.1 Å². The number of imide groups is 1. The second-order valence-electron chi connectivity index (χ2n) is 3.34. The van der Waals surface area contributed by atoms with Gasteiger partial charge in [-0.05, 0) is 41.1 Å². The van der Waals surface area contributed by atoms with Crippen LogP contribution in [0.15, 0.2) is 22.7 Å². The molecule has 0 bridgehead atoms. The molecule has 92 valence electrons. The summed E-state index contributed by atoms with van der Waals surface area (Å²) in [5.74, 6) is -1.02. The van der Waals surface area contributed by atoms with Crippen molar-refractivity contribution in [3.63, 3.8) is 0 Å². The molecule has 1 unspecified atom stereocenters. The average molecular weight is 304 g/mol. The topological polar surface area (TPSA) is 84.2 Å². The molecule has 0 spiro atoms. The molecule has 1 atom stereocenters. The second-order valence-corrected chi connectivity index (χ2v) is 4.20. The summed E-state index contributed by atoms with van der Waals surface area (Å²) in [4.78, 5) is 21.9. The van der Waals surface area contributed by atoms with Crippen LogP contribution < -0.4 is 16.4 Å². The molecule has 1 rings (SSSR count). The Morgan fingerprint density at radius 2 is 2.12 bits per heavy atom. The van der Waals surface area contributed by atoms with E-state index >= 15 is 0 Å². The van der Waals surface area contributed by atoms with E-state index in [2.05, 4.69) is 21.2 Å². The maximum absolute atomic E-state index is 13.0. The number of carbonyl (C=O) groups is 2. The van der Waals surface area contributed by atoms with Gasteiger partial charge in [0.1, 0.15) is 11.9 Å². The van der Waals surface area contributed by atoms with Crippen LogP contribution in [-0.4, -0.2) is 18.0 Å². The molecule has 0 aliphatic carbocycles. The smallest absolute Gasteiger partial charge is 0.318 e. The highest BCUT2D eigenvalue weighted by Gasteiger charge is 2.15. The number of halogens is 2. The van der Waals surface area contributed by atoms with E-state index in [9.17, 15) is 14.0 Å². The summed E-state index contributed by atoms with van der Waals surface area (Å²) in [6.45, 7) is 1.52. The van der Waals surface area contributed by atoms with Crippen molar-refractivity contribution in [1.82, 2.24) is 5.32 Å². The molecule has 0 aromatic heterocycles. The summed E-state index contributed by atoms with van der Waals surface area (Å²) in [6.07, 6.45) is 0. The van der Waals surface area contributed by atoms with Gasteiger partial charge < -0.3 is 11.1 Å². The van der Waals surface area contributed by atoms with Crippen LogP contribution in [0.1, 0.15) is 6.92 Å². The molecule has 0 heterocycles. The highest BCUT2D eigenvalue weighted by atomic mass is 79.9. The summed E-state index contributed by atoms with van der Waals surface area (Å²) in [5.41, 5.74) is 5.22. The number of nitrogens with one attached hydrogen (secondary N) is 2. The van der Waals surface area contributed by atoms with Gasteiger partial charge >= 0.3 is 6.03 Å². The highest BCUT2D eigenvalue weighted by molar-refractivity contribution is 9.10. The number of urea groups is 1. The third-order valence-electron chi connectivity index (χ3n) is 1.94. The molecule has 7 heteroatoms. The van der Waals surface area contributed by atoms with Crippen molar-refractivity contribution in [3.8, 4) is 0 Å². The summed E-state index contributed by atoms with van der Waals surface area (Å²) in [5, 5.41) is 4.67. The monoisotopic (exact) mass is 303 g/mol. The zero-order valence-electron chi connectivity index (χ0n) is 8.96. The van der Waals surface area contributed by atoms with E-state index in [0.717, 1.165) is 0 Å². The normalized spacial score (nSPS) is 11.7. The molecular formula is C10H11BrFN3O2. The molecule has 0 radical (unpaired) electrons. The van der Waals surface area contributed by atoms with Gasteiger partial charge in [-0.15, -0.1) is 0 Å². The van der Waals surface area contributed by atoms with Gasteiger partial charge in [0.15, 0.2) is 0 Å². The number of hydrogen-bond donors (Lipinski definition) is 3. The van der Waals surface area contributed by atoms with Crippen molar-refractivity contribution in [2.75, 3.05) is 5.32 Å². The molecule has 17 heavy (non-hydrogen) atoms. The lowest BCUT2D eigenvalue weighted by Crippen LogP contribution is -2.43. The Hall–Kier alpha value is -1.63. The molecule has 5 nitrogen and oxygen atoms in total. The van der Waals surface area contributed by atoms with E-state index in [0.29, 0.717) is 10.2 Å². The molecule has 0 saturated carbocycles. The minimum Gasteiger partial charge on any atom is -0.373 e. The number of nitrogens with two attached hydrogens (primary N) is 1. The van der Waals surface area contributed by atoms with E-state index in [-0.39, 0.29) is 0 Å². The lowest BCUT2D eigenvalue weighted by Gasteiger charge is -2.15. The van der Waals surface area contributed by atoms with Crippen molar-refractivity contribution in [1.29, 1.82) is 0 Å². The Kier molecular flexibility index (Phi) is 4.45. The molecule has 1 aromatic rings. The second kappa shape index (κ2) is 5.62. The van der Waals surface area contributed by atoms with Crippen molar-refractivity contribution < 1.29 is 14.0 Å². The van der Waals surface area contributed by atoms with Gasteiger partial charge in [-0.25, -0.2) is 9.18 Å². The fourth-order valence-electron chi connectivity index (χ4n) is 1.14. The van der Waals surface area contributed by atoms with Gasteiger partial charge in [0.25, 0.3) is 0 Å². The van der Waals surface area contributed by atoms with Crippen molar-refractivity contribution in [3.05, 3.63) is 28.5 Å². The molecule has 4 N–H and O–H groups in total. The third-order valence-corrected chi connectivity index (χ3v) is 2.63. The minimum absolute atomic E-state index is 0.414. The van der Waals surface area contributed by atoms with E-state index in [4.69, 9.17) is 5.73 Å². The Labute approximate surface area is 106 Å². The number of benzene rings is 1. The first-order valence-corrected chi connectivity index (χ1v) is 5.51. The number of amides is 3. The van der Waals surface area contributed by atoms with Crippen molar-refractivity contribution in [2.24, 2.45) is 5.73 Å². The maximum Gasteiger partial charge on any atom is 0.318 e. The van der Waals surface area contributed by atoms with E-state index in [1.54, 1.807) is 0 Å². The molecule has 1 aromatic carbocycles. The lowest BCUT2D eigenvalue weighted by molar-refractivity contribution is -0.120. The summed E-state index contributed by atoms with van der Waals surface area (Å²) < 4.78 is 13.6. The lowest BCUT2D eigenvalue weighted by atomic mass is 10.2. The van der Waals surface area contributed by atoms with E-state index < -0.39 is 23.8 Å². The molecule has 0 aliphatic heterocycles. The molecule has 0 fully saturated rings. The van der Waals surface area contributed by atoms with Crippen LogP contribution in [0.2, 0.25) is 0 Å². The van der Waals surface area contributed by atoms with Crippen molar-refractivity contribution >= 4 is 33.6 Å². The van der Waals surface area contributed by atoms with Gasteiger partial charge in [0.05, 0.1) is 5.69 Å². The highest BCUT2D eigenvalue weighted by Crippen LogP contribution is 2.23. The molecule has 3 amide bonds.